The van der Waals surface area contributed by atoms with E-state index in [1.165, 1.54) is 0 Å². The molecule has 1 aromatic heterocycles. The van der Waals surface area contributed by atoms with Crippen LogP contribution in [0.5, 0.6) is 11.5 Å². The van der Waals surface area contributed by atoms with Gasteiger partial charge in [-0.2, -0.15) is 0 Å². The van der Waals surface area contributed by atoms with Crippen LogP contribution in [0, 0.1) is 0 Å². The highest BCUT2D eigenvalue weighted by Gasteiger charge is 2.31. The summed E-state index contributed by atoms with van der Waals surface area (Å²) >= 11 is 0. The first-order chi connectivity index (χ1) is 14.6. The summed E-state index contributed by atoms with van der Waals surface area (Å²) in [6.07, 6.45) is 1.80. The van der Waals surface area contributed by atoms with Crippen LogP contribution in [-0.4, -0.2) is 31.3 Å². The second-order valence-corrected chi connectivity index (χ2v) is 15.4. The first-order valence-corrected chi connectivity index (χ1v) is 14.1. The van der Waals surface area contributed by atoms with Crippen LogP contribution in [0.25, 0.3) is 0 Å². The van der Waals surface area contributed by atoms with Crippen molar-refractivity contribution in [3.05, 3.63) is 41.7 Å². The van der Waals surface area contributed by atoms with E-state index in [4.69, 9.17) is 19.0 Å². The monoisotopic (exact) mass is 460 g/mol. The number of ether oxygens (including phenoxy) is 2. The molecule has 1 heterocycles. The number of benzene rings is 1. The maximum Gasteiger partial charge on any atom is 0.311 e. The summed E-state index contributed by atoms with van der Waals surface area (Å²) in [5, 5.41) is 9.85. The van der Waals surface area contributed by atoms with Crippen LogP contribution in [0.2, 0.25) is 13.1 Å². The van der Waals surface area contributed by atoms with Gasteiger partial charge in [-0.25, -0.2) is 0 Å². The van der Waals surface area contributed by atoms with Crippen molar-refractivity contribution in [1.29, 1.82) is 0 Å². The lowest BCUT2D eigenvalue weighted by Gasteiger charge is -2.30. The van der Waals surface area contributed by atoms with Gasteiger partial charge in [-0.05, 0) is 35.1 Å². The fourth-order valence-corrected chi connectivity index (χ4v) is 4.90. The largest absolute Gasteiger partial charge is 0.496 e. The molecule has 7 heteroatoms. The second kappa shape index (κ2) is 9.53. The van der Waals surface area contributed by atoms with Crippen molar-refractivity contribution >= 4 is 25.4 Å². The molecule has 0 bridgehead atoms. The lowest BCUT2D eigenvalue weighted by molar-refractivity contribution is -0.142. The van der Waals surface area contributed by atoms with Crippen molar-refractivity contribution in [2.75, 3.05) is 6.23 Å². The highest BCUT2D eigenvalue weighted by Crippen LogP contribution is 2.41. The van der Waals surface area contributed by atoms with Crippen molar-refractivity contribution in [2.24, 2.45) is 0 Å². The van der Waals surface area contributed by atoms with Crippen LogP contribution in [0.4, 0.5) is 0 Å². The number of hydrogen-bond acceptors (Lipinski definition) is 5. The van der Waals surface area contributed by atoms with E-state index >= 15 is 0 Å². The van der Waals surface area contributed by atoms with Gasteiger partial charge in [0, 0.05) is 11.1 Å². The molecule has 0 saturated heterocycles. The van der Waals surface area contributed by atoms with Crippen molar-refractivity contribution in [3.8, 4) is 11.5 Å². The number of carboxylic acid groups (broad SMARTS) is 1. The van der Waals surface area contributed by atoms with E-state index in [0.717, 1.165) is 22.3 Å². The third kappa shape index (κ3) is 6.73. The van der Waals surface area contributed by atoms with E-state index in [-0.39, 0.29) is 23.7 Å². The van der Waals surface area contributed by atoms with Gasteiger partial charge in [0.2, 0.25) is 0 Å². The zero-order chi connectivity index (χ0) is 24.3. The van der Waals surface area contributed by atoms with E-state index in [1.54, 1.807) is 6.26 Å². The third-order valence-corrected chi connectivity index (χ3v) is 7.73. The molecule has 32 heavy (non-hydrogen) atoms. The molecule has 2 aromatic rings. The smallest absolute Gasteiger partial charge is 0.311 e. The Balaban J connectivity index is 2.45. The Morgan fingerprint density at radius 3 is 2.03 bits per heavy atom. The molecule has 1 N–H and O–H groups in total. The molecule has 0 aliphatic heterocycles. The molecule has 0 aliphatic rings. The van der Waals surface area contributed by atoms with E-state index in [1.807, 2.05) is 45.0 Å². The van der Waals surface area contributed by atoms with Crippen LogP contribution in [0.3, 0.4) is 0 Å². The molecule has 0 saturated carbocycles. The first kappa shape index (κ1) is 25.7. The summed E-state index contributed by atoms with van der Waals surface area (Å²) in [4.78, 5) is 23.1. The topological polar surface area (TPSA) is 86.0 Å². The zero-order valence-corrected chi connectivity index (χ0v) is 21.5. The van der Waals surface area contributed by atoms with Crippen LogP contribution >= 0.6 is 0 Å². The lowest BCUT2D eigenvalue weighted by atomic mass is 9.81. The normalized spacial score (nSPS) is 12.5. The quantitative estimate of drug-likeness (QED) is 0.332. The van der Waals surface area contributed by atoms with Crippen LogP contribution in [0.15, 0.2) is 34.9 Å². The summed E-state index contributed by atoms with van der Waals surface area (Å²) in [6, 6.07) is 7.74. The minimum Gasteiger partial charge on any atom is -0.496 e. The van der Waals surface area contributed by atoms with Gasteiger partial charge in [-0.3, -0.25) is 9.59 Å². The van der Waals surface area contributed by atoms with Crippen LogP contribution in [0.1, 0.15) is 65.5 Å². The summed E-state index contributed by atoms with van der Waals surface area (Å²) in [5.41, 5.74) is 1.19. The molecule has 0 atom stereocenters. The van der Waals surface area contributed by atoms with E-state index in [9.17, 15) is 9.59 Å². The van der Waals surface area contributed by atoms with E-state index in [0.29, 0.717) is 12.0 Å². The molecule has 1 aromatic carbocycles. The summed E-state index contributed by atoms with van der Waals surface area (Å²) < 4.78 is 17.7. The molecule has 2 rings (SSSR count). The Kier molecular flexibility index (Phi) is 7.65. The fourth-order valence-electron chi connectivity index (χ4n) is 3.31. The molecule has 0 amide bonds. The van der Waals surface area contributed by atoms with Gasteiger partial charge in [0.1, 0.15) is 11.5 Å². The predicted octanol–water partition coefficient (Wildman–Crippen LogP) is 5.18. The number of hydrogen-bond donors (Lipinski definition) is 1. The predicted molar refractivity (Wildman–Crippen MR) is 128 cm³/mol. The van der Waals surface area contributed by atoms with Gasteiger partial charge < -0.3 is 19.0 Å². The van der Waals surface area contributed by atoms with Crippen LogP contribution < -0.4 is 14.9 Å². The Morgan fingerprint density at radius 1 is 0.969 bits per heavy atom. The van der Waals surface area contributed by atoms with Gasteiger partial charge in [0.05, 0.1) is 30.7 Å². The van der Waals surface area contributed by atoms with Crippen molar-refractivity contribution in [3.63, 3.8) is 0 Å². The first-order valence-electron chi connectivity index (χ1n) is 10.9. The zero-order valence-electron chi connectivity index (χ0n) is 20.5. The molecular formula is C25H36O6Si. The lowest BCUT2D eigenvalue weighted by Crippen LogP contribution is -2.46. The number of carboxylic acids is 1. The summed E-state index contributed by atoms with van der Waals surface area (Å²) in [7, 11) is -1.95. The maximum absolute atomic E-state index is 12.3. The van der Waals surface area contributed by atoms with Crippen molar-refractivity contribution < 1.29 is 28.6 Å². The van der Waals surface area contributed by atoms with Crippen molar-refractivity contribution in [2.45, 2.75) is 78.3 Å². The maximum atomic E-state index is 12.3. The minimum absolute atomic E-state index is 0.176. The minimum atomic E-state index is -1.95. The Bertz CT molecular complexity index is 946. The number of carbonyl (C=O) groups excluding carboxylic acids is 1. The molecule has 0 fully saturated rings. The molecule has 0 radical (unpaired) electrons. The summed E-state index contributed by atoms with van der Waals surface area (Å²) in [6.45, 7) is 16.8. The van der Waals surface area contributed by atoms with Gasteiger partial charge in [-0.1, -0.05) is 54.6 Å². The van der Waals surface area contributed by atoms with E-state index < -0.39 is 20.0 Å². The number of rotatable bonds is 8. The second-order valence-electron chi connectivity index (χ2n) is 10.9. The van der Waals surface area contributed by atoms with Gasteiger partial charge in [0.25, 0.3) is 0 Å². The number of aliphatic carboxylic acids is 1. The number of furan rings is 1. The molecule has 0 unspecified atom stereocenters. The Labute approximate surface area is 191 Å². The fraction of sp³-hybridized carbons (Fsp3) is 0.520. The van der Waals surface area contributed by atoms with Gasteiger partial charge >= 0.3 is 11.9 Å². The molecule has 0 spiro atoms. The number of carbonyl (C=O) groups is 2. The molecule has 6 nitrogen and oxygen atoms in total. The standard InChI is InChI=1S/C25H36O6Si/c1-24(2,3)17-15-20(31-22(28)12-11-21(26)27)18(25(4,5)6)14-19(17)30-16-32(7,8)23-10-9-13-29-23/h9-10,13-15H,11-12,16H2,1-8H3,(H,26,27). The molecule has 0 aliphatic carbocycles. The van der Waals surface area contributed by atoms with Gasteiger partial charge in [0.15, 0.2) is 8.07 Å². The average Bonchev–Trinajstić information content (AvgIpc) is 3.19. The SMILES string of the molecule is CC(C)(C)c1cc(OC(=O)CCC(=O)O)c(C(C)(C)C)cc1OC[Si](C)(C)c1ccco1. The van der Waals surface area contributed by atoms with Crippen LogP contribution in [-0.2, 0) is 20.4 Å². The Morgan fingerprint density at radius 2 is 1.53 bits per heavy atom. The molecular weight excluding hydrogens is 424 g/mol. The van der Waals surface area contributed by atoms with Crippen molar-refractivity contribution in [1.82, 2.24) is 0 Å². The highest BCUT2D eigenvalue weighted by atomic mass is 28.3. The summed E-state index contributed by atoms with van der Waals surface area (Å²) in [5.74, 6) is -0.370. The van der Waals surface area contributed by atoms with Gasteiger partial charge in [-0.15, -0.1) is 0 Å². The molecule has 176 valence electrons. The average molecular weight is 461 g/mol. The third-order valence-electron chi connectivity index (χ3n) is 5.24. The number of esters is 1. The highest BCUT2D eigenvalue weighted by molar-refractivity contribution is 6.88. The Hall–Kier alpha value is -2.54. The van der Waals surface area contributed by atoms with E-state index in [2.05, 4.69) is 33.9 Å².